The molecule has 0 bridgehead atoms. The summed E-state index contributed by atoms with van der Waals surface area (Å²) in [5.74, 6) is -2.95. The lowest BCUT2D eigenvalue weighted by molar-refractivity contribution is -0.272. The Kier molecular flexibility index (Phi) is 3.33. The molecule has 1 N–H and O–H groups in total. The van der Waals surface area contributed by atoms with Crippen LogP contribution >= 0.6 is 0 Å². The van der Waals surface area contributed by atoms with Gasteiger partial charge in [-0.2, -0.15) is 10.1 Å². The first kappa shape index (κ1) is 7.86. The molecule has 0 aliphatic rings. The predicted octanol–water partition coefficient (Wildman–Crippen LogP) is -0.893. The molecule has 6 heteroatoms. The third kappa shape index (κ3) is 2.62. The summed E-state index contributed by atoms with van der Waals surface area (Å²) in [6.45, 7) is 0. The van der Waals surface area contributed by atoms with Gasteiger partial charge in [0.2, 0.25) is 0 Å². The normalized spacial score (nSPS) is 8.22. The maximum absolute atomic E-state index is 9.99. The van der Waals surface area contributed by atoms with Crippen molar-refractivity contribution in [1.29, 1.82) is 0 Å². The zero-order chi connectivity index (χ0) is 7.28. The van der Waals surface area contributed by atoms with Crippen LogP contribution in [0.1, 0.15) is 0 Å². The Morgan fingerprint density at radius 3 is 2.22 bits per heavy atom. The second-order valence-corrected chi connectivity index (χ2v) is 0.916. The molecule has 0 aliphatic heterocycles. The molecule has 0 aromatic rings. The van der Waals surface area contributed by atoms with Gasteiger partial charge in [0.05, 0.1) is 7.11 Å². The van der Waals surface area contributed by atoms with Gasteiger partial charge < -0.3 is 0 Å². The van der Waals surface area contributed by atoms with Crippen molar-refractivity contribution in [3.05, 3.63) is 0 Å². The van der Waals surface area contributed by atoms with Gasteiger partial charge in [0.1, 0.15) is 0 Å². The average Bonchev–Trinajstić information content (AvgIpc) is 1.87. The number of hydrogen-bond donors (Lipinski definition) is 1. The topological polar surface area (TPSA) is 82.1 Å². The molecule has 0 saturated heterocycles. The van der Waals surface area contributed by atoms with E-state index in [4.69, 9.17) is 5.26 Å². The van der Waals surface area contributed by atoms with Crippen LogP contribution in [-0.2, 0) is 24.3 Å². The molecule has 52 valence electrons. The largest absolute Gasteiger partial charge is 0.452 e. The molecular formula is C3H4O6. The average molecular weight is 136 g/mol. The number of carbonyl (C=O) groups excluding carboxylic acids is 2. The third-order valence-electron chi connectivity index (χ3n) is 0.409. The van der Waals surface area contributed by atoms with Crippen LogP contribution in [0.2, 0.25) is 0 Å². The van der Waals surface area contributed by atoms with Crippen molar-refractivity contribution in [2.24, 2.45) is 0 Å². The Hall–Kier alpha value is -1.14. The quantitative estimate of drug-likeness (QED) is 0.286. The third-order valence-corrected chi connectivity index (χ3v) is 0.409. The monoisotopic (exact) mass is 136 g/mol. The molecule has 0 radical (unpaired) electrons. The minimum absolute atomic E-state index is 1.03. The summed E-state index contributed by atoms with van der Waals surface area (Å²) < 4.78 is 0. The minimum atomic E-state index is -1.53. The van der Waals surface area contributed by atoms with E-state index in [0.717, 1.165) is 7.11 Å². The van der Waals surface area contributed by atoms with E-state index in [9.17, 15) is 9.59 Å². The number of rotatable bonds is 1. The van der Waals surface area contributed by atoms with Gasteiger partial charge in [0.25, 0.3) is 0 Å². The Labute approximate surface area is 49.8 Å². The molecule has 0 spiro atoms. The Balaban J connectivity index is 3.60. The van der Waals surface area contributed by atoms with Crippen molar-refractivity contribution < 1.29 is 29.5 Å². The molecule has 0 amide bonds. The summed E-state index contributed by atoms with van der Waals surface area (Å²) in [5.41, 5.74) is 0. The van der Waals surface area contributed by atoms with E-state index in [1.54, 1.807) is 0 Å². The summed E-state index contributed by atoms with van der Waals surface area (Å²) in [5, 5.41) is 7.53. The molecule has 0 saturated carbocycles. The van der Waals surface area contributed by atoms with Crippen LogP contribution < -0.4 is 0 Å². The SMILES string of the molecule is COOC(=O)C(=O)OO. The molecule has 0 unspecified atom stereocenters. The van der Waals surface area contributed by atoms with Crippen LogP contribution in [0.4, 0.5) is 0 Å². The zero-order valence-corrected chi connectivity index (χ0v) is 4.49. The van der Waals surface area contributed by atoms with Gasteiger partial charge in [-0.25, -0.2) is 9.59 Å². The minimum Gasteiger partial charge on any atom is -0.288 e. The molecule has 0 aromatic carbocycles. The Bertz CT molecular complexity index is 117. The first-order valence-corrected chi connectivity index (χ1v) is 1.82. The second kappa shape index (κ2) is 3.81. The fraction of sp³-hybridized carbons (Fsp3) is 0.333. The highest BCUT2D eigenvalue weighted by Gasteiger charge is 2.17. The van der Waals surface area contributed by atoms with Crippen LogP contribution in [0.25, 0.3) is 0 Å². The van der Waals surface area contributed by atoms with Crippen molar-refractivity contribution in [1.82, 2.24) is 0 Å². The highest BCUT2D eigenvalue weighted by Crippen LogP contribution is 1.80. The zero-order valence-electron chi connectivity index (χ0n) is 4.49. The summed E-state index contributed by atoms with van der Waals surface area (Å²) >= 11 is 0. The van der Waals surface area contributed by atoms with Crippen molar-refractivity contribution in [2.45, 2.75) is 0 Å². The fourth-order valence-electron chi connectivity index (χ4n) is 0.147. The molecular weight excluding hydrogens is 132 g/mol. The highest BCUT2D eigenvalue weighted by atomic mass is 17.2. The van der Waals surface area contributed by atoms with Crippen molar-refractivity contribution in [3.63, 3.8) is 0 Å². The Morgan fingerprint density at radius 1 is 1.33 bits per heavy atom. The maximum Gasteiger partial charge on any atom is 0.452 e. The number of carbonyl (C=O) groups is 2. The molecule has 0 heterocycles. The van der Waals surface area contributed by atoms with E-state index in [1.165, 1.54) is 0 Å². The van der Waals surface area contributed by atoms with Crippen LogP contribution in [0, 0.1) is 0 Å². The van der Waals surface area contributed by atoms with E-state index in [1.807, 2.05) is 0 Å². The van der Waals surface area contributed by atoms with E-state index in [-0.39, 0.29) is 0 Å². The fourth-order valence-corrected chi connectivity index (χ4v) is 0.147. The highest BCUT2D eigenvalue weighted by molar-refractivity contribution is 6.29. The predicted molar refractivity (Wildman–Crippen MR) is 21.8 cm³/mol. The standard InChI is InChI=1S/C3H4O6/c1-7-9-3(5)2(4)8-6/h6H,1H3. The van der Waals surface area contributed by atoms with Crippen molar-refractivity contribution >= 4 is 11.9 Å². The molecule has 6 nitrogen and oxygen atoms in total. The molecule has 0 aliphatic carbocycles. The van der Waals surface area contributed by atoms with Gasteiger partial charge >= 0.3 is 11.9 Å². The number of hydrogen-bond acceptors (Lipinski definition) is 6. The lowest BCUT2D eigenvalue weighted by atomic mass is 10.7. The molecule has 0 fully saturated rings. The van der Waals surface area contributed by atoms with Gasteiger partial charge in [-0.1, -0.05) is 0 Å². The van der Waals surface area contributed by atoms with Gasteiger partial charge in [-0.15, -0.1) is 0 Å². The lowest BCUT2D eigenvalue weighted by Gasteiger charge is -1.92. The van der Waals surface area contributed by atoms with Gasteiger partial charge in [0, 0.05) is 0 Å². The van der Waals surface area contributed by atoms with E-state index in [0.29, 0.717) is 0 Å². The van der Waals surface area contributed by atoms with E-state index >= 15 is 0 Å². The summed E-state index contributed by atoms with van der Waals surface area (Å²) in [7, 11) is 1.03. The first-order chi connectivity index (χ1) is 4.22. The molecule has 0 aromatic heterocycles. The summed E-state index contributed by atoms with van der Waals surface area (Å²) in [6.07, 6.45) is 0. The van der Waals surface area contributed by atoms with Gasteiger partial charge in [0.15, 0.2) is 0 Å². The van der Waals surface area contributed by atoms with Crippen molar-refractivity contribution in [3.8, 4) is 0 Å². The van der Waals surface area contributed by atoms with Crippen LogP contribution in [0.5, 0.6) is 0 Å². The van der Waals surface area contributed by atoms with Crippen LogP contribution in [0.15, 0.2) is 0 Å². The van der Waals surface area contributed by atoms with E-state index in [2.05, 4.69) is 14.7 Å². The summed E-state index contributed by atoms with van der Waals surface area (Å²) in [6, 6.07) is 0. The molecule has 9 heavy (non-hydrogen) atoms. The summed E-state index contributed by atoms with van der Waals surface area (Å²) in [4.78, 5) is 30.2. The lowest BCUT2D eigenvalue weighted by Crippen LogP contribution is -2.18. The van der Waals surface area contributed by atoms with E-state index < -0.39 is 11.9 Å². The van der Waals surface area contributed by atoms with Gasteiger partial charge in [-0.05, 0) is 0 Å². The Morgan fingerprint density at radius 2 is 1.89 bits per heavy atom. The van der Waals surface area contributed by atoms with Crippen molar-refractivity contribution in [2.75, 3.05) is 7.11 Å². The van der Waals surface area contributed by atoms with Gasteiger partial charge in [-0.3, -0.25) is 9.78 Å². The first-order valence-electron chi connectivity index (χ1n) is 1.82. The van der Waals surface area contributed by atoms with Crippen LogP contribution in [-0.4, -0.2) is 24.3 Å². The molecule has 0 atom stereocenters. The maximum atomic E-state index is 9.99. The smallest absolute Gasteiger partial charge is 0.288 e. The molecule has 0 rings (SSSR count). The van der Waals surface area contributed by atoms with Crippen LogP contribution in [0.3, 0.4) is 0 Å². The second-order valence-electron chi connectivity index (χ2n) is 0.916.